The summed E-state index contributed by atoms with van der Waals surface area (Å²) in [7, 11) is 0. The quantitative estimate of drug-likeness (QED) is 0.803. The molecule has 0 spiro atoms. The van der Waals surface area contributed by atoms with Crippen molar-refractivity contribution in [3.8, 4) is 0 Å². The molecule has 20 heavy (non-hydrogen) atoms. The van der Waals surface area contributed by atoms with E-state index >= 15 is 0 Å². The van der Waals surface area contributed by atoms with Crippen LogP contribution < -0.4 is 11.1 Å². The van der Waals surface area contributed by atoms with Crippen molar-refractivity contribution in [1.82, 2.24) is 10.2 Å². The van der Waals surface area contributed by atoms with Gasteiger partial charge < -0.3 is 11.1 Å². The number of imide groups is 1. The maximum Gasteiger partial charge on any atom is 0.324 e. The molecule has 1 aromatic rings. The highest BCUT2D eigenvalue weighted by Gasteiger charge is 2.38. The van der Waals surface area contributed by atoms with Crippen LogP contribution >= 0.6 is 0 Å². The third-order valence-electron chi connectivity index (χ3n) is 3.65. The number of nitrogens with two attached hydrogens (primary N) is 1. The zero-order chi connectivity index (χ0) is 14.7. The molecule has 1 fully saturated rings. The van der Waals surface area contributed by atoms with E-state index in [9.17, 15) is 9.59 Å². The van der Waals surface area contributed by atoms with Gasteiger partial charge in [-0.15, -0.1) is 0 Å². The Balaban J connectivity index is 2.08. The maximum atomic E-state index is 12.1. The van der Waals surface area contributed by atoms with Crippen molar-refractivity contribution >= 4 is 11.9 Å². The number of hydrogen-bond acceptors (Lipinski definition) is 3. The first-order valence-electron chi connectivity index (χ1n) is 6.97. The average molecular weight is 275 g/mol. The van der Waals surface area contributed by atoms with Gasteiger partial charge in [0.2, 0.25) is 0 Å². The number of benzene rings is 1. The van der Waals surface area contributed by atoms with E-state index in [-0.39, 0.29) is 24.5 Å². The van der Waals surface area contributed by atoms with Crippen LogP contribution in [0.5, 0.6) is 0 Å². The lowest BCUT2D eigenvalue weighted by Crippen LogP contribution is -2.37. The van der Waals surface area contributed by atoms with E-state index < -0.39 is 6.04 Å². The summed E-state index contributed by atoms with van der Waals surface area (Å²) >= 11 is 0. The molecule has 2 atom stereocenters. The fourth-order valence-electron chi connectivity index (χ4n) is 2.53. The lowest BCUT2D eigenvalue weighted by molar-refractivity contribution is -0.127. The molecular weight excluding hydrogens is 254 g/mol. The number of carbonyl (C=O) groups is 2. The SMILES string of the molecule is CCCC1NC(=O)N(CC(N)c2ccccc2C)C1=O. The smallest absolute Gasteiger partial charge is 0.324 e. The Morgan fingerprint density at radius 2 is 2.05 bits per heavy atom. The number of carbonyl (C=O) groups excluding carboxylic acids is 2. The summed E-state index contributed by atoms with van der Waals surface area (Å²) in [6.07, 6.45) is 1.52. The Labute approximate surface area is 119 Å². The van der Waals surface area contributed by atoms with Crippen LogP contribution in [0.1, 0.15) is 36.9 Å². The normalized spacial score (nSPS) is 20.1. The molecule has 1 aliphatic rings. The summed E-state index contributed by atoms with van der Waals surface area (Å²) in [5.41, 5.74) is 8.18. The number of hydrogen-bond donors (Lipinski definition) is 2. The minimum atomic E-state index is -0.392. The molecule has 0 aromatic heterocycles. The second-order valence-corrected chi connectivity index (χ2v) is 5.20. The van der Waals surface area contributed by atoms with Gasteiger partial charge in [0.05, 0.1) is 0 Å². The Hall–Kier alpha value is -1.88. The topological polar surface area (TPSA) is 75.4 Å². The lowest BCUT2D eigenvalue weighted by Gasteiger charge is -2.20. The van der Waals surface area contributed by atoms with Gasteiger partial charge >= 0.3 is 6.03 Å². The molecule has 2 unspecified atom stereocenters. The van der Waals surface area contributed by atoms with Crippen molar-refractivity contribution in [2.75, 3.05) is 6.54 Å². The van der Waals surface area contributed by atoms with E-state index in [4.69, 9.17) is 5.73 Å². The highest BCUT2D eigenvalue weighted by atomic mass is 16.2. The molecule has 0 saturated carbocycles. The molecule has 108 valence electrons. The van der Waals surface area contributed by atoms with E-state index in [2.05, 4.69) is 5.32 Å². The molecule has 3 N–H and O–H groups in total. The van der Waals surface area contributed by atoms with Gasteiger partial charge in [-0.25, -0.2) is 4.79 Å². The number of aryl methyl sites for hydroxylation is 1. The summed E-state index contributed by atoms with van der Waals surface area (Å²) in [5, 5.41) is 2.71. The van der Waals surface area contributed by atoms with Crippen molar-refractivity contribution in [2.24, 2.45) is 5.73 Å². The van der Waals surface area contributed by atoms with Gasteiger partial charge in [0.25, 0.3) is 5.91 Å². The van der Waals surface area contributed by atoms with Gasteiger partial charge in [-0.1, -0.05) is 37.6 Å². The first-order valence-corrected chi connectivity index (χ1v) is 6.97. The third kappa shape index (κ3) is 2.82. The lowest BCUT2D eigenvalue weighted by atomic mass is 10.0. The molecule has 1 heterocycles. The van der Waals surface area contributed by atoms with Crippen molar-refractivity contribution in [1.29, 1.82) is 0 Å². The van der Waals surface area contributed by atoms with Gasteiger partial charge in [0.1, 0.15) is 6.04 Å². The summed E-state index contributed by atoms with van der Waals surface area (Å²) in [6, 6.07) is 6.67. The standard InChI is InChI=1S/C15H21N3O2/c1-3-6-13-14(19)18(15(20)17-13)9-12(16)11-8-5-4-7-10(11)2/h4-5,7-8,12-13H,3,6,9,16H2,1-2H3,(H,17,20). The molecular formula is C15H21N3O2. The zero-order valence-corrected chi connectivity index (χ0v) is 11.9. The zero-order valence-electron chi connectivity index (χ0n) is 11.9. The minimum absolute atomic E-state index is 0.166. The van der Waals surface area contributed by atoms with E-state index in [0.29, 0.717) is 6.42 Å². The van der Waals surface area contributed by atoms with Gasteiger partial charge in [0.15, 0.2) is 0 Å². The van der Waals surface area contributed by atoms with E-state index in [1.165, 1.54) is 4.90 Å². The monoisotopic (exact) mass is 275 g/mol. The van der Waals surface area contributed by atoms with Gasteiger partial charge in [0, 0.05) is 12.6 Å². The molecule has 5 heteroatoms. The average Bonchev–Trinajstić information content (AvgIpc) is 2.67. The van der Waals surface area contributed by atoms with Crippen LogP contribution in [0.25, 0.3) is 0 Å². The maximum absolute atomic E-state index is 12.1. The van der Waals surface area contributed by atoms with Crippen LogP contribution in [-0.2, 0) is 4.79 Å². The Kier molecular flexibility index (Phi) is 4.39. The van der Waals surface area contributed by atoms with Crippen LogP contribution in [0.15, 0.2) is 24.3 Å². The fourth-order valence-corrected chi connectivity index (χ4v) is 2.53. The van der Waals surface area contributed by atoms with E-state index in [1.807, 2.05) is 38.1 Å². The number of amides is 3. The first-order chi connectivity index (χ1) is 9.54. The van der Waals surface area contributed by atoms with Crippen LogP contribution in [-0.4, -0.2) is 29.4 Å². The highest BCUT2D eigenvalue weighted by molar-refractivity contribution is 6.04. The summed E-state index contributed by atoms with van der Waals surface area (Å²) in [4.78, 5) is 25.2. The van der Waals surface area contributed by atoms with Crippen molar-refractivity contribution in [3.05, 3.63) is 35.4 Å². The van der Waals surface area contributed by atoms with Crippen LogP contribution in [0, 0.1) is 6.92 Å². The molecule has 0 bridgehead atoms. The highest BCUT2D eigenvalue weighted by Crippen LogP contribution is 2.19. The largest absolute Gasteiger partial charge is 0.326 e. The molecule has 1 aliphatic heterocycles. The summed E-state index contributed by atoms with van der Waals surface area (Å²) < 4.78 is 0. The molecule has 0 aliphatic carbocycles. The van der Waals surface area contributed by atoms with Crippen LogP contribution in [0.3, 0.4) is 0 Å². The number of urea groups is 1. The first kappa shape index (κ1) is 14.5. The second-order valence-electron chi connectivity index (χ2n) is 5.20. The number of nitrogens with zero attached hydrogens (tertiary/aromatic N) is 1. The minimum Gasteiger partial charge on any atom is -0.326 e. The van der Waals surface area contributed by atoms with Crippen LogP contribution in [0.2, 0.25) is 0 Å². The molecule has 3 amide bonds. The Morgan fingerprint density at radius 3 is 2.70 bits per heavy atom. The molecule has 1 saturated heterocycles. The van der Waals surface area contributed by atoms with Gasteiger partial charge in [-0.2, -0.15) is 0 Å². The summed E-state index contributed by atoms with van der Waals surface area (Å²) in [5.74, 6) is -0.166. The van der Waals surface area contributed by atoms with Crippen molar-refractivity contribution in [2.45, 2.75) is 38.8 Å². The van der Waals surface area contributed by atoms with Crippen molar-refractivity contribution < 1.29 is 9.59 Å². The van der Waals surface area contributed by atoms with E-state index in [1.54, 1.807) is 0 Å². The van der Waals surface area contributed by atoms with Gasteiger partial charge in [-0.05, 0) is 24.5 Å². The third-order valence-corrected chi connectivity index (χ3v) is 3.65. The second kappa shape index (κ2) is 6.05. The molecule has 5 nitrogen and oxygen atoms in total. The predicted octanol–water partition coefficient (Wildman–Crippen LogP) is 1.72. The predicted molar refractivity (Wildman–Crippen MR) is 77.0 cm³/mol. The number of rotatable bonds is 5. The molecule has 1 aromatic carbocycles. The van der Waals surface area contributed by atoms with E-state index in [0.717, 1.165) is 17.5 Å². The van der Waals surface area contributed by atoms with Crippen LogP contribution in [0.4, 0.5) is 4.79 Å². The van der Waals surface area contributed by atoms with Gasteiger partial charge in [-0.3, -0.25) is 9.69 Å². The van der Waals surface area contributed by atoms with Crippen molar-refractivity contribution in [3.63, 3.8) is 0 Å². The molecule has 2 rings (SSSR count). The Morgan fingerprint density at radius 1 is 1.35 bits per heavy atom. The molecule has 0 radical (unpaired) electrons. The number of nitrogens with one attached hydrogen (secondary N) is 1. The Bertz CT molecular complexity index is 516. The summed E-state index contributed by atoms with van der Waals surface area (Å²) in [6.45, 7) is 4.18. The fraction of sp³-hybridized carbons (Fsp3) is 0.467.